The minimum Gasteiger partial charge on any atom is -0.193 e. The Balaban J connectivity index is 0. The van der Waals surface area contributed by atoms with Gasteiger partial charge >= 0.3 is 0 Å². The molecule has 0 aromatic carbocycles. The summed E-state index contributed by atoms with van der Waals surface area (Å²) in [4.78, 5) is 0. The van der Waals surface area contributed by atoms with Crippen molar-refractivity contribution in [2.24, 2.45) is 0 Å². The summed E-state index contributed by atoms with van der Waals surface area (Å²) in [6.07, 6.45) is 0. The van der Waals surface area contributed by atoms with Gasteiger partial charge in [-0.1, -0.05) is 19.4 Å². The van der Waals surface area contributed by atoms with Gasteiger partial charge in [0, 0.05) is 5.57 Å². The van der Waals surface area contributed by atoms with Crippen molar-refractivity contribution >= 4 is 0 Å². The summed E-state index contributed by atoms with van der Waals surface area (Å²) < 4.78 is 0. The van der Waals surface area contributed by atoms with E-state index in [0.717, 1.165) is 11.1 Å². The number of nitrogens with zero attached hydrogens (tertiary/aromatic N) is 1. The van der Waals surface area contributed by atoms with Crippen LogP contribution < -0.4 is 0 Å². The minimum absolute atomic E-state index is 0.819. The van der Waals surface area contributed by atoms with E-state index in [1.54, 1.807) is 0 Å². The summed E-state index contributed by atoms with van der Waals surface area (Å²) in [5, 5.41) is 8.20. The van der Waals surface area contributed by atoms with Crippen LogP contribution in [0.4, 0.5) is 0 Å². The molecule has 0 aliphatic heterocycles. The Kier molecular flexibility index (Phi) is 8.90. The molecule has 0 atom stereocenters. The summed E-state index contributed by atoms with van der Waals surface area (Å²) in [5.74, 6) is 0. The summed E-state index contributed by atoms with van der Waals surface area (Å²) in [6, 6.07) is 2.04. The van der Waals surface area contributed by atoms with E-state index in [-0.39, 0.29) is 0 Å². The quantitative estimate of drug-likeness (QED) is 0.457. The molecule has 52 valence electrons. The van der Waals surface area contributed by atoms with Crippen molar-refractivity contribution in [1.29, 1.82) is 5.26 Å². The van der Waals surface area contributed by atoms with Crippen molar-refractivity contribution in [3.05, 3.63) is 11.1 Å². The van der Waals surface area contributed by atoms with Crippen molar-refractivity contribution in [2.75, 3.05) is 0 Å². The zero-order valence-electron chi connectivity index (χ0n) is 6.95. The third-order valence-electron chi connectivity index (χ3n) is 0.918. The summed E-state index contributed by atoms with van der Waals surface area (Å²) >= 11 is 0. The largest absolute Gasteiger partial charge is 0.193 e. The molecule has 9 heavy (non-hydrogen) atoms. The van der Waals surface area contributed by atoms with Crippen LogP contribution in [0.1, 0.15) is 34.6 Å². The predicted molar refractivity (Wildman–Crippen MR) is 41.0 cm³/mol. The van der Waals surface area contributed by atoms with Crippen LogP contribution in [-0.2, 0) is 0 Å². The lowest BCUT2D eigenvalue weighted by Gasteiger charge is -1.84. The fourth-order valence-electron chi connectivity index (χ4n) is 0.112. The Labute approximate surface area is 58.0 Å². The maximum Gasteiger partial charge on any atom is 0.0943 e. The predicted octanol–water partition coefficient (Wildman–Crippen LogP) is 2.89. The van der Waals surface area contributed by atoms with E-state index in [1.165, 1.54) is 0 Å². The Bertz CT molecular complexity index is 122. The normalized spacial score (nSPS) is 6.22. The number of rotatable bonds is 0. The maximum absolute atomic E-state index is 8.20. The highest BCUT2D eigenvalue weighted by atomic mass is 14.2. The molecule has 0 saturated heterocycles. The lowest BCUT2D eigenvalue weighted by molar-refractivity contribution is 1.29. The van der Waals surface area contributed by atoms with Crippen LogP contribution in [0.3, 0.4) is 0 Å². The zero-order chi connectivity index (χ0) is 7.86. The molecule has 0 unspecified atom stereocenters. The average molecular weight is 125 g/mol. The first-order valence-corrected chi connectivity index (χ1v) is 3.22. The lowest BCUT2D eigenvalue weighted by Crippen LogP contribution is -1.70. The number of hydrogen-bond donors (Lipinski definition) is 0. The summed E-state index contributed by atoms with van der Waals surface area (Å²) in [6.45, 7) is 9.67. The van der Waals surface area contributed by atoms with Gasteiger partial charge < -0.3 is 0 Å². The van der Waals surface area contributed by atoms with Crippen molar-refractivity contribution in [1.82, 2.24) is 0 Å². The monoisotopic (exact) mass is 125 g/mol. The summed E-state index contributed by atoms with van der Waals surface area (Å²) in [7, 11) is 0. The highest BCUT2D eigenvalue weighted by molar-refractivity contribution is 5.22. The van der Waals surface area contributed by atoms with Crippen LogP contribution >= 0.6 is 0 Å². The first-order chi connectivity index (χ1) is 4.18. The standard InChI is InChI=1S/C6H9N.C2H6/c1-5(2)6(3)4-7;1-2/h1-3H3;1-2H3. The first-order valence-electron chi connectivity index (χ1n) is 3.22. The molecule has 0 amide bonds. The van der Waals surface area contributed by atoms with Gasteiger partial charge in [-0.3, -0.25) is 0 Å². The van der Waals surface area contributed by atoms with Gasteiger partial charge in [-0.2, -0.15) is 5.26 Å². The van der Waals surface area contributed by atoms with Crippen LogP contribution in [0.15, 0.2) is 11.1 Å². The van der Waals surface area contributed by atoms with E-state index in [0.29, 0.717) is 0 Å². The topological polar surface area (TPSA) is 23.8 Å². The van der Waals surface area contributed by atoms with Crippen molar-refractivity contribution in [2.45, 2.75) is 34.6 Å². The van der Waals surface area contributed by atoms with Crippen molar-refractivity contribution < 1.29 is 0 Å². The van der Waals surface area contributed by atoms with Gasteiger partial charge in [0.2, 0.25) is 0 Å². The second kappa shape index (κ2) is 7.23. The number of allylic oxidation sites excluding steroid dienone is 2. The SMILES string of the molecule is CC.CC(C)=C(C)C#N. The molecule has 0 rings (SSSR count). The molecule has 0 bridgehead atoms. The van der Waals surface area contributed by atoms with Gasteiger partial charge in [-0.15, -0.1) is 0 Å². The van der Waals surface area contributed by atoms with Gasteiger partial charge in [0.05, 0.1) is 6.07 Å². The third kappa shape index (κ3) is 7.23. The molecule has 0 radical (unpaired) electrons. The van der Waals surface area contributed by atoms with Gasteiger partial charge in [0.25, 0.3) is 0 Å². The van der Waals surface area contributed by atoms with Crippen molar-refractivity contribution in [3.8, 4) is 6.07 Å². The number of nitriles is 1. The third-order valence-corrected chi connectivity index (χ3v) is 0.918. The molecule has 0 fully saturated rings. The molecule has 0 N–H and O–H groups in total. The van der Waals surface area contributed by atoms with E-state index in [9.17, 15) is 0 Å². The molecule has 1 nitrogen and oxygen atoms in total. The van der Waals surface area contributed by atoms with Gasteiger partial charge in [-0.25, -0.2) is 0 Å². The second-order valence-electron chi connectivity index (χ2n) is 1.74. The van der Waals surface area contributed by atoms with E-state index in [4.69, 9.17) is 5.26 Å². The molecular formula is C8H15N. The smallest absolute Gasteiger partial charge is 0.0943 e. The van der Waals surface area contributed by atoms with Crippen LogP contribution in [-0.4, -0.2) is 0 Å². The van der Waals surface area contributed by atoms with E-state index >= 15 is 0 Å². The molecular weight excluding hydrogens is 110 g/mol. The lowest BCUT2D eigenvalue weighted by atomic mass is 10.2. The van der Waals surface area contributed by atoms with Crippen LogP contribution in [0, 0.1) is 11.3 Å². The van der Waals surface area contributed by atoms with Crippen LogP contribution in [0.25, 0.3) is 0 Å². The van der Waals surface area contributed by atoms with Crippen LogP contribution in [0.5, 0.6) is 0 Å². The van der Waals surface area contributed by atoms with Gasteiger partial charge in [0.1, 0.15) is 0 Å². The minimum atomic E-state index is 0.819. The zero-order valence-corrected chi connectivity index (χ0v) is 6.95. The van der Waals surface area contributed by atoms with Crippen molar-refractivity contribution in [3.63, 3.8) is 0 Å². The summed E-state index contributed by atoms with van der Waals surface area (Å²) in [5.41, 5.74) is 1.92. The van der Waals surface area contributed by atoms with Gasteiger partial charge in [0.15, 0.2) is 0 Å². The van der Waals surface area contributed by atoms with Gasteiger partial charge in [-0.05, 0) is 20.8 Å². The Morgan fingerprint density at radius 3 is 1.44 bits per heavy atom. The fraction of sp³-hybridized carbons (Fsp3) is 0.625. The molecule has 0 aliphatic carbocycles. The Hall–Kier alpha value is -0.770. The van der Waals surface area contributed by atoms with E-state index < -0.39 is 0 Å². The molecule has 0 spiro atoms. The first kappa shape index (κ1) is 11.1. The molecule has 1 heteroatoms. The molecule has 0 heterocycles. The Morgan fingerprint density at radius 1 is 1.11 bits per heavy atom. The molecule has 0 saturated carbocycles. The molecule has 0 aliphatic rings. The number of hydrogen-bond acceptors (Lipinski definition) is 1. The van der Waals surface area contributed by atoms with E-state index in [1.807, 2.05) is 40.7 Å². The average Bonchev–Trinajstić information content (AvgIpc) is 1.91. The highest BCUT2D eigenvalue weighted by Gasteiger charge is 1.82. The second-order valence-corrected chi connectivity index (χ2v) is 1.74. The highest BCUT2D eigenvalue weighted by Crippen LogP contribution is 1.97. The van der Waals surface area contributed by atoms with Crippen LogP contribution in [0.2, 0.25) is 0 Å². The maximum atomic E-state index is 8.20. The molecule has 0 aromatic heterocycles. The van der Waals surface area contributed by atoms with E-state index in [2.05, 4.69) is 0 Å². The fourth-order valence-corrected chi connectivity index (χ4v) is 0.112. The molecule has 0 aromatic rings. The Morgan fingerprint density at radius 2 is 1.44 bits per heavy atom.